The standard InChI is InChI=1S/C25H30BF4N3O4/c1-14(2)31-21(34)13-33-20(15-7-8-18(27)17(9-15)25(28,29)30)12-32-11-16(10-19(32)22(33)35)26-36-23(3,4)24(5,6)37-26/h7-12,14,21,31,34H,13H2,1-6H3. The van der Waals surface area contributed by atoms with Crippen LogP contribution < -0.4 is 16.3 Å². The van der Waals surface area contributed by atoms with E-state index in [4.69, 9.17) is 9.31 Å². The summed E-state index contributed by atoms with van der Waals surface area (Å²) < 4.78 is 69.1. The van der Waals surface area contributed by atoms with Gasteiger partial charge in [-0.15, -0.1) is 0 Å². The Labute approximate surface area is 212 Å². The molecule has 0 amide bonds. The van der Waals surface area contributed by atoms with Gasteiger partial charge in [-0.05, 0) is 65.8 Å². The van der Waals surface area contributed by atoms with Crippen LogP contribution in [0.3, 0.4) is 0 Å². The van der Waals surface area contributed by atoms with Crippen LogP contribution in [0.5, 0.6) is 0 Å². The number of halogens is 4. The number of aliphatic hydroxyl groups excluding tert-OH is 1. The van der Waals surface area contributed by atoms with Crippen molar-refractivity contribution in [3.63, 3.8) is 0 Å². The van der Waals surface area contributed by atoms with E-state index >= 15 is 0 Å². The zero-order valence-electron chi connectivity index (χ0n) is 21.5. The second-order valence-corrected chi connectivity index (χ2v) is 10.6. The average molecular weight is 523 g/mol. The minimum atomic E-state index is -4.93. The number of benzene rings is 1. The van der Waals surface area contributed by atoms with Crippen LogP contribution in [0.1, 0.15) is 47.1 Å². The maximum atomic E-state index is 14.0. The molecule has 200 valence electrons. The molecule has 1 aliphatic rings. The van der Waals surface area contributed by atoms with Crippen molar-refractivity contribution in [1.29, 1.82) is 0 Å². The second kappa shape index (κ2) is 9.26. The Morgan fingerprint density at radius 3 is 2.27 bits per heavy atom. The maximum Gasteiger partial charge on any atom is 0.496 e. The highest BCUT2D eigenvalue weighted by molar-refractivity contribution is 6.62. The minimum Gasteiger partial charge on any atom is -0.399 e. The zero-order valence-corrected chi connectivity index (χ0v) is 21.5. The zero-order chi connectivity index (χ0) is 27.5. The molecular weight excluding hydrogens is 493 g/mol. The molecule has 0 bridgehead atoms. The first-order valence-electron chi connectivity index (χ1n) is 11.9. The summed E-state index contributed by atoms with van der Waals surface area (Å²) in [6.07, 6.45) is -3.00. The molecule has 1 saturated heterocycles. The fourth-order valence-corrected chi connectivity index (χ4v) is 4.26. The van der Waals surface area contributed by atoms with E-state index in [1.165, 1.54) is 21.2 Å². The Kier molecular flexibility index (Phi) is 6.85. The third kappa shape index (κ3) is 5.20. The summed E-state index contributed by atoms with van der Waals surface area (Å²) in [4.78, 5) is 13.6. The number of hydrogen-bond donors (Lipinski definition) is 2. The highest BCUT2D eigenvalue weighted by Crippen LogP contribution is 2.37. The minimum absolute atomic E-state index is 0.0321. The van der Waals surface area contributed by atoms with Gasteiger partial charge in [0.15, 0.2) is 0 Å². The largest absolute Gasteiger partial charge is 0.496 e. The van der Waals surface area contributed by atoms with Crippen molar-refractivity contribution in [1.82, 2.24) is 14.3 Å². The number of alkyl halides is 3. The Morgan fingerprint density at radius 1 is 1.08 bits per heavy atom. The monoisotopic (exact) mass is 523 g/mol. The molecule has 1 unspecified atom stereocenters. The molecule has 1 atom stereocenters. The molecule has 1 aliphatic heterocycles. The van der Waals surface area contributed by atoms with E-state index in [1.54, 1.807) is 26.1 Å². The molecule has 0 aliphatic carbocycles. The van der Waals surface area contributed by atoms with Crippen LogP contribution in [0.4, 0.5) is 17.6 Å². The van der Waals surface area contributed by atoms with Crippen molar-refractivity contribution in [3.05, 3.63) is 58.4 Å². The molecule has 3 aromatic rings. The lowest BCUT2D eigenvalue weighted by Crippen LogP contribution is -2.41. The Bertz CT molecular complexity index is 1360. The lowest BCUT2D eigenvalue weighted by molar-refractivity contribution is -0.139. The van der Waals surface area contributed by atoms with Crippen LogP contribution in [-0.2, 0) is 22.0 Å². The van der Waals surface area contributed by atoms with E-state index in [1.807, 2.05) is 27.7 Å². The topological polar surface area (TPSA) is 77.1 Å². The number of fused-ring (bicyclic) bond motifs is 1. The molecule has 1 aromatic carbocycles. The predicted octanol–water partition coefficient (Wildman–Crippen LogP) is 3.54. The van der Waals surface area contributed by atoms with Crippen LogP contribution >= 0.6 is 0 Å². The normalized spacial score (nSPS) is 18.2. The average Bonchev–Trinajstić information content (AvgIpc) is 3.27. The Hall–Kier alpha value is -2.67. The number of aliphatic hydroxyl groups is 1. The Morgan fingerprint density at radius 2 is 1.70 bits per heavy atom. The van der Waals surface area contributed by atoms with Gasteiger partial charge in [-0.1, -0.05) is 0 Å². The molecule has 2 N–H and O–H groups in total. The maximum absolute atomic E-state index is 14.0. The van der Waals surface area contributed by atoms with Gasteiger partial charge in [-0.25, -0.2) is 4.39 Å². The first-order chi connectivity index (χ1) is 17.0. The molecular formula is C25H30BF4N3O4. The lowest BCUT2D eigenvalue weighted by Gasteiger charge is -2.32. The number of nitrogens with one attached hydrogen (secondary N) is 1. The highest BCUT2D eigenvalue weighted by atomic mass is 19.4. The number of hydrogen-bond acceptors (Lipinski definition) is 5. The molecule has 0 saturated carbocycles. The fraction of sp³-hybridized carbons (Fsp3) is 0.480. The summed E-state index contributed by atoms with van der Waals surface area (Å²) in [5.41, 5.74) is -2.44. The van der Waals surface area contributed by atoms with Gasteiger partial charge in [0.05, 0.1) is 29.0 Å². The van der Waals surface area contributed by atoms with Gasteiger partial charge in [-0.3, -0.25) is 10.1 Å². The Balaban J connectivity index is 1.88. The smallest absolute Gasteiger partial charge is 0.399 e. The van der Waals surface area contributed by atoms with Gasteiger partial charge in [0, 0.05) is 29.5 Å². The van der Waals surface area contributed by atoms with Crippen molar-refractivity contribution in [3.8, 4) is 11.3 Å². The van der Waals surface area contributed by atoms with Crippen LogP contribution in [0.15, 0.2) is 41.5 Å². The summed E-state index contributed by atoms with van der Waals surface area (Å²) in [5.74, 6) is -1.42. The van der Waals surface area contributed by atoms with Gasteiger partial charge >= 0.3 is 13.3 Å². The van der Waals surface area contributed by atoms with E-state index in [2.05, 4.69) is 5.32 Å². The van der Waals surface area contributed by atoms with Crippen molar-refractivity contribution >= 4 is 18.1 Å². The fourth-order valence-electron chi connectivity index (χ4n) is 4.26. The molecule has 12 heteroatoms. The molecule has 0 spiro atoms. The van der Waals surface area contributed by atoms with Crippen LogP contribution in [0, 0.1) is 5.82 Å². The van der Waals surface area contributed by atoms with E-state index in [0.717, 1.165) is 0 Å². The third-order valence-electron chi connectivity index (χ3n) is 6.86. The first kappa shape index (κ1) is 27.4. The number of rotatable bonds is 6. The third-order valence-corrected chi connectivity index (χ3v) is 6.86. The number of nitrogens with zero attached hydrogens (tertiary/aromatic N) is 2. The van der Waals surface area contributed by atoms with Crippen molar-refractivity contribution in [2.75, 3.05) is 0 Å². The number of aromatic nitrogens is 2. The van der Waals surface area contributed by atoms with Crippen molar-refractivity contribution < 1.29 is 32.0 Å². The van der Waals surface area contributed by atoms with Gasteiger partial charge in [0.2, 0.25) is 0 Å². The molecule has 0 radical (unpaired) electrons. The van der Waals surface area contributed by atoms with Gasteiger partial charge < -0.3 is 23.4 Å². The summed E-state index contributed by atoms with van der Waals surface area (Å²) in [5, 5.41) is 13.4. The lowest BCUT2D eigenvalue weighted by atomic mass is 9.81. The summed E-state index contributed by atoms with van der Waals surface area (Å²) in [6.45, 7) is 10.9. The predicted molar refractivity (Wildman–Crippen MR) is 132 cm³/mol. The van der Waals surface area contributed by atoms with E-state index in [-0.39, 0.29) is 29.4 Å². The molecule has 2 aromatic heterocycles. The van der Waals surface area contributed by atoms with Crippen LogP contribution in [-0.4, -0.2) is 44.7 Å². The summed E-state index contributed by atoms with van der Waals surface area (Å²) >= 11 is 0. The van der Waals surface area contributed by atoms with Crippen LogP contribution in [0.25, 0.3) is 16.8 Å². The second-order valence-electron chi connectivity index (χ2n) is 10.6. The van der Waals surface area contributed by atoms with E-state index in [0.29, 0.717) is 17.6 Å². The first-order valence-corrected chi connectivity index (χ1v) is 11.9. The van der Waals surface area contributed by atoms with E-state index in [9.17, 15) is 27.5 Å². The van der Waals surface area contributed by atoms with Crippen LogP contribution in [0.2, 0.25) is 0 Å². The van der Waals surface area contributed by atoms with Gasteiger partial charge in [0.25, 0.3) is 5.56 Å². The summed E-state index contributed by atoms with van der Waals surface area (Å²) in [7, 11) is -0.767. The SMILES string of the molecule is CC(C)NC(O)Cn1c(-c2ccc(F)c(C(F)(F)F)c2)cn2cc(B3OC(C)(C)C(C)(C)O3)cc2c1=O. The summed E-state index contributed by atoms with van der Waals surface area (Å²) in [6, 6.07) is 4.02. The molecule has 1 fully saturated rings. The quantitative estimate of drug-likeness (QED) is 0.294. The van der Waals surface area contributed by atoms with Crippen molar-refractivity contribution in [2.45, 2.75) is 77.7 Å². The van der Waals surface area contributed by atoms with Crippen molar-refractivity contribution in [2.24, 2.45) is 0 Å². The highest BCUT2D eigenvalue weighted by Gasteiger charge is 2.52. The van der Waals surface area contributed by atoms with Gasteiger partial charge in [0.1, 0.15) is 17.6 Å². The van der Waals surface area contributed by atoms with E-state index < -0.39 is 47.7 Å². The molecule has 37 heavy (non-hydrogen) atoms. The molecule has 3 heterocycles. The molecule has 4 rings (SSSR count). The van der Waals surface area contributed by atoms with Gasteiger partial charge in [-0.2, -0.15) is 13.2 Å². The molecule has 7 nitrogen and oxygen atoms in total.